The van der Waals surface area contributed by atoms with Gasteiger partial charge in [-0.1, -0.05) is 6.42 Å². The molecule has 0 aromatic heterocycles. The fraction of sp³-hybridized carbons (Fsp3) is 0.900. The van der Waals surface area contributed by atoms with E-state index in [1.807, 2.05) is 0 Å². The van der Waals surface area contributed by atoms with Gasteiger partial charge in [-0.25, -0.2) is 9.52 Å². The van der Waals surface area contributed by atoms with Crippen molar-refractivity contribution in [2.75, 3.05) is 13.1 Å². The molecule has 0 aromatic carbocycles. The topological polar surface area (TPSA) is 82.0 Å². The Kier molecular flexibility index (Phi) is 4.65. The van der Waals surface area contributed by atoms with E-state index < -0.39 is 22.7 Å². The highest BCUT2D eigenvalue weighted by Gasteiger charge is 2.28. The molecule has 1 amide bonds. The monoisotopic (exact) mass is 266 g/mol. The zero-order chi connectivity index (χ0) is 13.1. The standard InChI is InChI=1S/C10H22N2O4S/c1-10(2,3)16-9(13)11-17(14,15)12-7-5-4-6-8-12/h14-15H,4-8H2,1-3H3,(H,11,13). The van der Waals surface area contributed by atoms with Gasteiger partial charge in [-0.3, -0.25) is 9.11 Å². The predicted octanol–water partition coefficient (Wildman–Crippen LogP) is 2.58. The number of rotatable bonds is 2. The summed E-state index contributed by atoms with van der Waals surface area (Å²) < 4.78 is 28.3. The van der Waals surface area contributed by atoms with Crippen LogP contribution in [0.1, 0.15) is 40.0 Å². The van der Waals surface area contributed by atoms with Crippen molar-refractivity contribution in [2.24, 2.45) is 0 Å². The van der Waals surface area contributed by atoms with Gasteiger partial charge in [-0.2, -0.15) is 4.31 Å². The average molecular weight is 266 g/mol. The molecule has 0 unspecified atom stereocenters. The first-order valence-electron chi connectivity index (χ1n) is 5.75. The van der Waals surface area contributed by atoms with Gasteiger partial charge < -0.3 is 4.74 Å². The van der Waals surface area contributed by atoms with Crippen LogP contribution in [-0.2, 0) is 4.74 Å². The van der Waals surface area contributed by atoms with Gasteiger partial charge in [-0.15, -0.1) is 0 Å². The molecule has 102 valence electrons. The van der Waals surface area contributed by atoms with Crippen LogP contribution in [0.3, 0.4) is 0 Å². The lowest BCUT2D eigenvalue weighted by molar-refractivity contribution is 0.0559. The van der Waals surface area contributed by atoms with E-state index in [4.69, 9.17) is 4.74 Å². The minimum Gasteiger partial charge on any atom is -0.443 e. The minimum absolute atomic E-state index is 0.581. The summed E-state index contributed by atoms with van der Waals surface area (Å²) in [6.07, 6.45) is 2.10. The number of hydrogen-bond donors (Lipinski definition) is 3. The van der Waals surface area contributed by atoms with Gasteiger partial charge in [0.2, 0.25) is 0 Å². The Hall–Kier alpha value is -0.500. The Morgan fingerprint density at radius 3 is 2.24 bits per heavy atom. The van der Waals surface area contributed by atoms with Crippen LogP contribution < -0.4 is 4.72 Å². The first-order chi connectivity index (χ1) is 7.71. The van der Waals surface area contributed by atoms with Gasteiger partial charge >= 0.3 is 6.09 Å². The molecule has 0 aliphatic carbocycles. The number of nitrogens with zero attached hydrogens (tertiary/aromatic N) is 1. The molecule has 1 aliphatic heterocycles. The number of piperidine rings is 1. The molecule has 17 heavy (non-hydrogen) atoms. The molecule has 1 saturated heterocycles. The van der Waals surface area contributed by atoms with Crippen LogP contribution in [0.5, 0.6) is 0 Å². The first-order valence-corrected chi connectivity index (χ1v) is 7.25. The third kappa shape index (κ3) is 5.12. The molecule has 0 radical (unpaired) electrons. The van der Waals surface area contributed by atoms with E-state index in [1.54, 1.807) is 20.8 Å². The van der Waals surface area contributed by atoms with Crippen molar-refractivity contribution in [2.45, 2.75) is 45.6 Å². The maximum Gasteiger partial charge on any atom is 0.427 e. The maximum absolute atomic E-state index is 11.5. The zero-order valence-corrected chi connectivity index (χ0v) is 11.4. The van der Waals surface area contributed by atoms with E-state index in [0.717, 1.165) is 19.3 Å². The lowest BCUT2D eigenvalue weighted by Gasteiger charge is -2.44. The highest BCUT2D eigenvalue weighted by atomic mass is 32.3. The lowest BCUT2D eigenvalue weighted by atomic mass is 10.2. The fourth-order valence-corrected chi connectivity index (χ4v) is 2.76. The van der Waals surface area contributed by atoms with Crippen LogP contribution in [0.15, 0.2) is 0 Å². The highest BCUT2D eigenvalue weighted by molar-refractivity contribution is 8.21. The van der Waals surface area contributed by atoms with E-state index >= 15 is 0 Å². The summed E-state index contributed by atoms with van der Waals surface area (Å²) in [5, 5.41) is 0. The van der Waals surface area contributed by atoms with E-state index in [-0.39, 0.29) is 0 Å². The second-order valence-electron chi connectivity index (χ2n) is 5.11. The molecule has 6 nitrogen and oxygen atoms in total. The normalized spacial score (nSPS) is 19.8. The summed E-state index contributed by atoms with van der Waals surface area (Å²) in [5.41, 5.74) is -0.651. The summed E-state index contributed by atoms with van der Waals surface area (Å²) in [4.78, 5) is 11.5. The predicted molar refractivity (Wildman–Crippen MR) is 67.6 cm³/mol. The molecular formula is C10H22N2O4S. The molecule has 3 N–H and O–H groups in total. The number of carbonyl (C=O) groups excluding carboxylic acids is 1. The Balaban J connectivity index is 2.50. The maximum atomic E-state index is 11.5. The number of ether oxygens (including phenoxy) is 1. The molecular weight excluding hydrogens is 244 g/mol. The van der Waals surface area contributed by atoms with Crippen molar-refractivity contribution >= 4 is 17.1 Å². The summed E-state index contributed by atoms with van der Waals surface area (Å²) in [5.74, 6) is 0. The smallest absolute Gasteiger partial charge is 0.427 e. The minimum atomic E-state index is -3.25. The van der Waals surface area contributed by atoms with Crippen LogP contribution in [0.25, 0.3) is 0 Å². The molecule has 1 aliphatic rings. The Bertz CT molecular complexity index is 272. The molecule has 0 spiro atoms. The Labute approximate surface area is 104 Å². The number of carbonyl (C=O) groups is 1. The van der Waals surface area contributed by atoms with Crippen molar-refractivity contribution in [1.82, 2.24) is 9.03 Å². The quantitative estimate of drug-likeness (QED) is 0.715. The van der Waals surface area contributed by atoms with Crippen LogP contribution in [-0.4, -0.2) is 38.2 Å². The second-order valence-corrected chi connectivity index (χ2v) is 6.87. The SMILES string of the molecule is CC(C)(C)OC(=O)NS(O)(O)N1CCCCC1. The molecule has 0 aromatic rings. The van der Waals surface area contributed by atoms with Crippen molar-refractivity contribution in [3.05, 3.63) is 0 Å². The van der Waals surface area contributed by atoms with Crippen molar-refractivity contribution in [3.8, 4) is 0 Å². The Morgan fingerprint density at radius 2 is 1.76 bits per heavy atom. The second kappa shape index (κ2) is 5.43. The number of amides is 1. The van der Waals surface area contributed by atoms with Crippen LogP contribution in [0, 0.1) is 0 Å². The summed E-state index contributed by atoms with van der Waals surface area (Å²) >= 11 is 0. The van der Waals surface area contributed by atoms with Crippen LogP contribution >= 0.6 is 11.0 Å². The van der Waals surface area contributed by atoms with Crippen LogP contribution in [0.2, 0.25) is 0 Å². The van der Waals surface area contributed by atoms with Crippen LogP contribution in [0.4, 0.5) is 4.79 Å². The molecule has 0 atom stereocenters. The third-order valence-electron chi connectivity index (χ3n) is 2.29. The van der Waals surface area contributed by atoms with Crippen molar-refractivity contribution in [3.63, 3.8) is 0 Å². The lowest BCUT2D eigenvalue weighted by Crippen LogP contribution is -2.43. The number of nitrogens with one attached hydrogen (secondary N) is 1. The van der Waals surface area contributed by atoms with E-state index in [2.05, 4.69) is 4.72 Å². The van der Waals surface area contributed by atoms with E-state index in [1.165, 1.54) is 4.31 Å². The molecule has 1 fully saturated rings. The average Bonchev–Trinajstić information content (AvgIpc) is 2.15. The van der Waals surface area contributed by atoms with Gasteiger partial charge in [0, 0.05) is 13.1 Å². The summed E-state index contributed by atoms with van der Waals surface area (Å²) in [6.45, 7) is 6.33. The highest BCUT2D eigenvalue weighted by Crippen LogP contribution is 2.40. The van der Waals surface area contributed by atoms with Gasteiger partial charge in [0.05, 0.1) is 0 Å². The van der Waals surface area contributed by atoms with Crippen molar-refractivity contribution < 1.29 is 18.6 Å². The largest absolute Gasteiger partial charge is 0.443 e. The number of hydrogen-bond acceptors (Lipinski definition) is 5. The third-order valence-corrected chi connectivity index (χ3v) is 3.82. The first kappa shape index (κ1) is 14.6. The summed E-state index contributed by atoms with van der Waals surface area (Å²) in [7, 11) is -3.25. The van der Waals surface area contributed by atoms with Crippen molar-refractivity contribution in [1.29, 1.82) is 0 Å². The fourth-order valence-electron chi connectivity index (χ4n) is 1.59. The molecule has 0 saturated carbocycles. The molecule has 7 heteroatoms. The zero-order valence-electron chi connectivity index (χ0n) is 10.6. The Morgan fingerprint density at radius 1 is 1.24 bits per heavy atom. The summed E-state index contributed by atoms with van der Waals surface area (Å²) in [6, 6.07) is 0. The van der Waals surface area contributed by atoms with E-state index in [0.29, 0.717) is 13.1 Å². The van der Waals surface area contributed by atoms with Gasteiger partial charge in [0.15, 0.2) is 0 Å². The van der Waals surface area contributed by atoms with Gasteiger partial charge in [0.25, 0.3) is 0 Å². The van der Waals surface area contributed by atoms with Gasteiger partial charge in [-0.05, 0) is 44.6 Å². The molecule has 0 bridgehead atoms. The molecule has 1 heterocycles. The van der Waals surface area contributed by atoms with E-state index in [9.17, 15) is 13.9 Å². The van der Waals surface area contributed by atoms with Gasteiger partial charge in [0.1, 0.15) is 5.60 Å². The molecule has 1 rings (SSSR count).